The van der Waals surface area contributed by atoms with Crippen LogP contribution in [-0.4, -0.2) is 23.0 Å². The zero-order chi connectivity index (χ0) is 27.6. The maximum atomic E-state index is 13.3. The van der Waals surface area contributed by atoms with Gasteiger partial charge in [-0.1, -0.05) is 44.2 Å². The SMILES string of the molecule is [2H]C([2H])(c1ccccc1)[C@@H](NC(=O)C1([2H])C([2H])([2H])C([2H])([2H])C([2H])(C(C)C)C([2H])([2H])C1([2H])[2H])C(=O)O. The summed E-state index contributed by atoms with van der Waals surface area (Å²) in [5, 5.41) is 11.3. The molecule has 4 heteroatoms. The van der Waals surface area contributed by atoms with Gasteiger partial charge in [-0.3, -0.25) is 4.79 Å². The smallest absolute Gasteiger partial charge is 0.326 e. The third-order valence-electron chi connectivity index (χ3n) is 3.06. The first-order chi connectivity index (χ1) is 15.5. The Morgan fingerprint density at radius 1 is 1.30 bits per heavy atom. The second-order valence-corrected chi connectivity index (χ2v) is 5.20. The first kappa shape index (κ1) is 7.37. The number of hydrogen-bond acceptors (Lipinski definition) is 2. The van der Waals surface area contributed by atoms with E-state index in [0.29, 0.717) is 0 Å². The van der Waals surface area contributed by atoms with Crippen molar-refractivity contribution in [2.24, 2.45) is 17.7 Å². The van der Waals surface area contributed by atoms with Crippen molar-refractivity contribution in [1.82, 2.24) is 5.32 Å². The lowest BCUT2D eigenvalue weighted by molar-refractivity contribution is -0.142. The summed E-state index contributed by atoms with van der Waals surface area (Å²) in [4.78, 5) is 25.2. The quantitative estimate of drug-likeness (QED) is 0.842. The lowest BCUT2D eigenvalue weighted by atomic mass is 9.76. The Balaban J connectivity index is 2.73. The summed E-state index contributed by atoms with van der Waals surface area (Å²) in [6.45, 7) is 2.36. The van der Waals surface area contributed by atoms with Gasteiger partial charge in [0.05, 0.1) is 0 Å². The molecule has 0 unspecified atom stereocenters. The van der Waals surface area contributed by atoms with Gasteiger partial charge in [0.15, 0.2) is 0 Å². The van der Waals surface area contributed by atoms with Crippen molar-refractivity contribution in [2.45, 2.75) is 51.8 Å². The van der Waals surface area contributed by atoms with Crippen LogP contribution in [0.5, 0.6) is 0 Å². The largest absolute Gasteiger partial charge is 0.480 e. The minimum atomic E-state index is -3.97. The van der Waals surface area contributed by atoms with Crippen LogP contribution in [0.3, 0.4) is 0 Å². The van der Waals surface area contributed by atoms with Crippen LogP contribution >= 0.6 is 0 Å². The van der Waals surface area contributed by atoms with E-state index in [1.54, 1.807) is 5.32 Å². The topological polar surface area (TPSA) is 66.4 Å². The fourth-order valence-corrected chi connectivity index (χ4v) is 1.79. The Hall–Kier alpha value is -1.84. The van der Waals surface area contributed by atoms with E-state index in [9.17, 15) is 14.7 Å². The van der Waals surface area contributed by atoms with E-state index in [1.165, 1.54) is 44.2 Å². The van der Waals surface area contributed by atoms with Gasteiger partial charge >= 0.3 is 5.97 Å². The third-order valence-corrected chi connectivity index (χ3v) is 3.06. The third kappa shape index (κ3) is 5.08. The van der Waals surface area contributed by atoms with E-state index < -0.39 is 67.5 Å². The zero-order valence-corrected chi connectivity index (χ0v) is 12.8. The molecule has 0 radical (unpaired) electrons. The van der Waals surface area contributed by atoms with Crippen LogP contribution in [0.1, 0.15) is 61.4 Å². The summed E-state index contributed by atoms with van der Waals surface area (Å²) in [5.41, 5.74) is -0.211. The number of nitrogens with one attached hydrogen (secondary N) is 1. The van der Waals surface area contributed by atoms with Gasteiger partial charge in [-0.25, -0.2) is 4.79 Å². The number of carboxylic acid groups (broad SMARTS) is 1. The molecular formula is C19H27NO3. The Labute approximate surface area is 155 Å². The molecule has 1 aromatic rings. The predicted octanol–water partition coefficient (Wildman–Crippen LogP) is 3.26. The van der Waals surface area contributed by atoms with E-state index in [0.717, 1.165) is 0 Å². The average Bonchev–Trinajstić information content (AvgIpc) is 2.74. The number of benzene rings is 1. The molecule has 4 nitrogen and oxygen atoms in total. The van der Waals surface area contributed by atoms with Gasteiger partial charge in [0, 0.05) is 28.7 Å². The van der Waals surface area contributed by atoms with Crippen LogP contribution in [0.25, 0.3) is 0 Å². The van der Waals surface area contributed by atoms with Crippen LogP contribution in [0.15, 0.2) is 30.3 Å². The summed E-state index contributed by atoms with van der Waals surface area (Å²) < 4.78 is 100. The molecule has 0 spiro atoms. The van der Waals surface area contributed by atoms with Crippen molar-refractivity contribution >= 4 is 11.9 Å². The van der Waals surface area contributed by atoms with Crippen LogP contribution in [-0.2, 0) is 16.0 Å². The second kappa shape index (κ2) is 8.14. The Bertz CT molecular complexity index is 968. The monoisotopic (exact) mass is 329 g/mol. The average molecular weight is 330 g/mol. The second-order valence-electron chi connectivity index (χ2n) is 5.20. The van der Waals surface area contributed by atoms with Crippen LogP contribution in [0.2, 0.25) is 0 Å². The molecule has 126 valence electrons. The maximum absolute atomic E-state index is 13.3. The van der Waals surface area contributed by atoms with Gasteiger partial charge in [0.1, 0.15) is 6.04 Å². The van der Waals surface area contributed by atoms with Crippen molar-refractivity contribution < 1.29 is 31.1 Å². The molecule has 2 N–H and O–H groups in total. The number of rotatable bonds is 6. The predicted molar refractivity (Wildman–Crippen MR) is 90.0 cm³/mol. The molecule has 1 aliphatic carbocycles. The van der Waals surface area contributed by atoms with Gasteiger partial charge in [-0.05, 0) is 42.9 Å². The summed E-state index contributed by atoms with van der Waals surface area (Å²) in [5.74, 6) is -12.4. The first-order valence-electron chi connectivity index (χ1n) is 13.1. The van der Waals surface area contributed by atoms with E-state index in [-0.39, 0.29) is 5.56 Å². The molecule has 1 fully saturated rings. The fourth-order valence-electron chi connectivity index (χ4n) is 1.79. The highest BCUT2D eigenvalue weighted by molar-refractivity contribution is 5.85. The van der Waals surface area contributed by atoms with Gasteiger partial charge in [-0.2, -0.15) is 0 Å². The molecule has 1 aliphatic rings. The number of carbonyl (C=O) groups excluding carboxylic acids is 1. The number of amides is 1. The standard InChI is InChI=1S/C19H27NO3/c1-13(2)15-8-10-16(11-9-15)18(21)20-17(19(22)23)12-14-6-4-3-5-7-14/h3-7,13,15-17H,8-12H2,1-2H3,(H,20,21)(H,22,23)/t15?,16?,17-/m1/s1/i8D2,9D2,10D2,11D2,12D2,15D,16D. The molecule has 0 aromatic heterocycles. The molecule has 23 heavy (non-hydrogen) atoms. The highest BCUT2D eigenvalue weighted by atomic mass is 16.4. The van der Waals surface area contributed by atoms with Gasteiger partial charge in [-0.15, -0.1) is 0 Å². The van der Waals surface area contributed by atoms with Crippen molar-refractivity contribution in [3.05, 3.63) is 35.9 Å². The number of aliphatic carboxylic acids is 1. The molecule has 2 rings (SSSR count). The molecule has 1 atom stereocenters. The summed E-state index contributed by atoms with van der Waals surface area (Å²) >= 11 is 0. The summed E-state index contributed by atoms with van der Waals surface area (Å²) in [7, 11) is 0. The van der Waals surface area contributed by atoms with E-state index in [4.69, 9.17) is 16.4 Å². The lowest BCUT2D eigenvalue weighted by Gasteiger charge is -2.30. The molecule has 1 amide bonds. The van der Waals surface area contributed by atoms with E-state index in [1.807, 2.05) is 0 Å². The normalized spacial score (nSPS) is 46.0. The summed E-state index contributed by atoms with van der Waals surface area (Å²) in [6, 6.07) is 4.25. The minimum Gasteiger partial charge on any atom is -0.480 e. The van der Waals surface area contributed by atoms with Crippen LogP contribution in [0.4, 0.5) is 0 Å². The van der Waals surface area contributed by atoms with E-state index >= 15 is 0 Å². The van der Waals surface area contributed by atoms with E-state index in [2.05, 4.69) is 0 Å². The van der Waals surface area contributed by atoms with Crippen molar-refractivity contribution in [2.75, 3.05) is 0 Å². The van der Waals surface area contributed by atoms with Crippen LogP contribution in [0, 0.1) is 17.7 Å². The molecule has 1 saturated carbocycles. The lowest BCUT2D eigenvalue weighted by Crippen LogP contribution is -2.45. The highest BCUT2D eigenvalue weighted by Gasteiger charge is 2.30. The number of carboxylic acids is 1. The summed E-state index contributed by atoms with van der Waals surface area (Å²) in [6.07, 6.45) is -17.8. The Morgan fingerprint density at radius 3 is 2.43 bits per heavy atom. The number of carbonyl (C=O) groups is 2. The molecule has 0 aliphatic heterocycles. The van der Waals surface area contributed by atoms with Crippen LogP contribution < -0.4 is 5.32 Å². The molecule has 0 heterocycles. The van der Waals surface area contributed by atoms with Gasteiger partial charge in [0.25, 0.3) is 0 Å². The van der Waals surface area contributed by atoms with Crippen molar-refractivity contribution in [3.8, 4) is 0 Å². The van der Waals surface area contributed by atoms with Crippen molar-refractivity contribution in [1.29, 1.82) is 0 Å². The first-order valence-corrected chi connectivity index (χ1v) is 7.10. The highest BCUT2D eigenvalue weighted by Crippen LogP contribution is 2.33. The molecule has 0 bridgehead atoms. The van der Waals surface area contributed by atoms with Crippen molar-refractivity contribution in [3.63, 3.8) is 0 Å². The Morgan fingerprint density at radius 2 is 1.91 bits per heavy atom. The number of hydrogen-bond donors (Lipinski definition) is 2. The molecular weight excluding hydrogens is 290 g/mol. The van der Waals surface area contributed by atoms with Gasteiger partial charge in [0.2, 0.25) is 5.91 Å². The zero-order valence-electron chi connectivity index (χ0n) is 24.8. The molecule has 1 aromatic carbocycles. The maximum Gasteiger partial charge on any atom is 0.326 e. The minimum absolute atomic E-state index is 0.211. The Kier molecular flexibility index (Phi) is 2.61. The van der Waals surface area contributed by atoms with Gasteiger partial charge < -0.3 is 10.4 Å². The fraction of sp³-hybridized carbons (Fsp3) is 0.579. The molecule has 0 saturated heterocycles.